The van der Waals surface area contributed by atoms with E-state index in [4.69, 9.17) is 14.2 Å². The van der Waals surface area contributed by atoms with Gasteiger partial charge < -0.3 is 14.2 Å². The summed E-state index contributed by atoms with van der Waals surface area (Å²) in [5, 5.41) is 0. The van der Waals surface area contributed by atoms with Crippen molar-refractivity contribution in [3.8, 4) is 5.75 Å². The van der Waals surface area contributed by atoms with E-state index in [-0.39, 0.29) is 18.1 Å². The van der Waals surface area contributed by atoms with E-state index in [2.05, 4.69) is 4.99 Å². The highest BCUT2D eigenvalue weighted by atomic mass is 32.1. The molecule has 0 radical (unpaired) electrons. The molecule has 1 aliphatic heterocycles. The largest absolute Gasteiger partial charge is 0.489 e. The lowest BCUT2D eigenvalue weighted by Crippen LogP contribution is -2.39. The van der Waals surface area contributed by atoms with E-state index in [1.165, 1.54) is 11.3 Å². The molecule has 0 saturated carbocycles. The lowest BCUT2D eigenvalue weighted by Gasteiger charge is -2.24. The molecule has 0 saturated heterocycles. The second-order valence-electron chi connectivity index (χ2n) is 9.99. The van der Waals surface area contributed by atoms with Gasteiger partial charge in [-0.15, -0.1) is 0 Å². The number of benzene rings is 3. The second-order valence-corrected chi connectivity index (χ2v) is 11.0. The second kappa shape index (κ2) is 13.0. The van der Waals surface area contributed by atoms with Gasteiger partial charge in [0, 0.05) is 0 Å². The summed E-state index contributed by atoms with van der Waals surface area (Å²) in [7, 11) is 0. The van der Waals surface area contributed by atoms with Gasteiger partial charge in [0.15, 0.2) is 4.80 Å². The van der Waals surface area contributed by atoms with Crippen LogP contribution in [-0.4, -0.2) is 29.7 Å². The Morgan fingerprint density at radius 3 is 2.19 bits per heavy atom. The molecule has 1 atom stereocenters. The van der Waals surface area contributed by atoms with Crippen LogP contribution < -0.4 is 19.6 Å². The minimum absolute atomic E-state index is 0.224. The van der Waals surface area contributed by atoms with Gasteiger partial charge >= 0.3 is 11.9 Å². The molecule has 0 aliphatic carbocycles. The number of allylic oxidation sites excluding steroid dienone is 1. The van der Waals surface area contributed by atoms with Crippen molar-refractivity contribution in [2.24, 2.45) is 4.99 Å². The number of aromatic nitrogens is 1. The van der Waals surface area contributed by atoms with E-state index in [1.54, 1.807) is 37.5 Å². The SMILES string of the molecule is CCOC(=O)C1=C(C)N=c2s/c(=C\c3ccc(OCc4ccc(C(=O)OCC)cc4)cc3)c(=O)n2[C@H]1c1ccc(C)cc1. The Bertz CT molecular complexity index is 1850. The van der Waals surface area contributed by atoms with Gasteiger partial charge in [-0.2, -0.15) is 0 Å². The van der Waals surface area contributed by atoms with Crippen molar-refractivity contribution in [1.82, 2.24) is 4.57 Å². The Labute approximate surface area is 253 Å². The van der Waals surface area contributed by atoms with Crippen LogP contribution in [0.5, 0.6) is 5.75 Å². The van der Waals surface area contributed by atoms with Crippen LogP contribution in [0, 0.1) is 6.92 Å². The highest BCUT2D eigenvalue weighted by Gasteiger charge is 2.33. The Morgan fingerprint density at radius 2 is 1.53 bits per heavy atom. The number of aryl methyl sites for hydroxylation is 1. The van der Waals surface area contributed by atoms with Crippen LogP contribution >= 0.6 is 11.3 Å². The minimum atomic E-state index is -0.639. The van der Waals surface area contributed by atoms with Gasteiger partial charge in [-0.1, -0.05) is 65.4 Å². The first-order valence-corrected chi connectivity index (χ1v) is 14.9. The van der Waals surface area contributed by atoms with Crippen molar-refractivity contribution >= 4 is 29.4 Å². The standard InChI is InChI=1S/C34H32N2O6S/c1-5-40-32(38)26-15-9-24(10-16-26)20-42-27-17-11-23(12-18-27)19-28-31(37)36-30(25-13-7-21(3)8-14-25)29(33(39)41-6-2)22(4)35-34(36)43-28/h7-19,30H,5-6,20H2,1-4H3/b28-19-/t30-/m0/s1. The van der Waals surface area contributed by atoms with Crippen LogP contribution in [0.25, 0.3) is 6.08 Å². The van der Waals surface area contributed by atoms with Crippen LogP contribution in [0.15, 0.2) is 93.9 Å². The van der Waals surface area contributed by atoms with Crippen molar-refractivity contribution in [3.63, 3.8) is 0 Å². The quantitative estimate of drug-likeness (QED) is 0.256. The molecule has 2 heterocycles. The molecule has 1 aromatic heterocycles. The highest BCUT2D eigenvalue weighted by Crippen LogP contribution is 2.30. The molecule has 0 amide bonds. The number of fused-ring (bicyclic) bond motifs is 1. The first-order chi connectivity index (χ1) is 20.8. The summed E-state index contributed by atoms with van der Waals surface area (Å²) < 4.78 is 18.4. The monoisotopic (exact) mass is 596 g/mol. The van der Waals surface area contributed by atoms with Crippen LogP contribution in [0.2, 0.25) is 0 Å². The topological polar surface area (TPSA) is 96.2 Å². The van der Waals surface area contributed by atoms with Gasteiger partial charge in [-0.05, 0) is 74.7 Å². The first kappa shape index (κ1) is 29.7. The minimum Gasteiger partial charge on any atom is -0.489 e. The number of thiazole rings is 1. The molecule has 4 aromatic rings. The maximum atomic E-state index is 13.8. The van der Waals surface area contributed by atoms with Crippen LogP contribution in [-0.2, 0) is 20.9 Å². The molecule has 0 fully saturated rings. The van der Waals surface area contributed by atoms with Gasteiger partial charge in [-0.3, -0.25) is 9.36 Å². The van der Waals surface area contributed by atoms with Crippen LogP contribution in [0.4, 0.5) is 0 Å². The lowest BCUT2D eigenvalue weighted by molar-refractivity contribution is -0.139. The number of esters is 2. The van der Waals surface area contributed by atoms with Crippen LogP contribution in [0.1, 0.15) is 59.4 Å². The molecule has 9 heteroatoms. The molecule has 1 aliphatic rings. The number of rotatable bonds is 9. The molecule has 0 spiro atoms. The first-order valence-electron chi connectivity index (χ1n) is 14.0. The van der Waals surface area contributed by atoms with Crippen molar-refractivity contribution < 1.29 is 23.8 Å². The molecule has 0 N–H and O–H groups in total. The van der Waals surface area contributed by atoms with Crippen molar-refractivity contribution in [3.05, 3.63) is 132 Å². The smallest absolute Gasteiger partial charge is 0.338 e. The molecule has 0 unspecified atom stereocenters. The summed E-state index contributed by atoms with van der Waals surface area (Å²) in [4.78, 5) is 43.8. The fraction of sp³-hybridized carbons (Fsp3) is 0.235. The van der Waals surface area contributed by atoms with E-state index >= 15 is 0 Å². The predicted octanol–water partition coefficient (Wildman–Crippen LogP) is 4.86. The van der Waals surface area contributed by atoms with E-state index in [1.807, 2.05) is 73.7 Å². The van der Waals surface area contributed by atoms with Gasteiger partial charge in [0.05, 0.1) is 40.6 Å². The predicted molar refractivity (Wildman–Crippen MR) is 165 cm³/mol. The number of carbonyl (C=O) groups excluding carboxylic acids is 2. The fourth-order valence-corrected chi connectivity index (χ4v) is 5.83. The Morgan fingerprint density at radius 1 is 0.884 bits per heavy atom. The average Bonchev–Trinajstić information content (AvgIpc) is 3.30. The number of nitrogens with zero attached hydrogens (tertiary/aromatic N) is 2. The van der Waals surface area contributed by atoms with E-state index < -0.39 is 12.0 Å². The summed E-state index contributed by atoms with van der Waals surface area (Å²) >= 11 is 1.28. The lowest BCUT2D eigenvalue weighted by atomic mass is 9.95. The Kier molecular flexibility index (Phi) is 9.01. The zero-order valence-electron chi connectivity index (χ0n) is 24.5. The van der Waals surface area contributed by atoms with Crippen molar-refractivity contribution in [1.29, 1.82) is 0 Å². The third kappa shape index (κ3) is 6.52. The third-order valence-electron chi connectivity index (χ3n) is 6.96. The molecule has 43 heavy (non-hydrogen) atoms. The maximum Gasteiger partial charge on any atom is 0.338 e. The van der Waals surface area contributed by atoms with Crippen molar-refractivity contribution in [2.45, 2.75) is 40.3 Å². The number of carbonyl (C=O) groups is 2. The molecule has 0 bridgehead atoms. The van der Waals surface area contributed by atoms with Gasteiger partial charge in [0.25, 0.3) is 5.56 Å². The van der Waals surface area contributed by atoms with Gasteiger partial charge in [0.1, 0.15) is 12.4 Å². The number of hydrogen-bond donors (Lipinski definition) is 0. The summed E-state index contributed by atoms with van der Waals surface area (Å²) in [5.41, 5.74) is 4.80. The fourth-order valence-electron chi connectivity index (χ4n) is 4.79. The van der Waals surface area contributed by atoms with Gasteiger partial charge in [-0.25, -0.2) is 14.6 Å². The van der Waals surface area contributed by atoms with E-state index in [0.29, 0.717) is 45.1 Å². The molecular weight excluding hydrogens is 564 g/mol. The molecule has 3 aromatic carbocycles. The molecule has 220 valence electrons. The molecule has 8 nitrogen and oxygen atoms in total. The molecular formula is C34H32N2O6S. The third-order valence-corrected chi connectivity index (χ3v) is 7.94. The van der Waals surface area contributed by atoms with Crippen molar-refractivity contribution in [2.75, 3.05) is 13.2 Å². The van der Waals surface area contributed by atoms with E-state index in [0.717, 1.165) is 22.3 Å². The summed E-state index contributed by atoms with van der Waals surface area (Å²) in [6, 6.07) is 21.7. The van der Waals surface area contributed by atoms with Crippen LogP contribution in [0.3, 0.4) is 0 Å². The molecule has 5 rings (SSSR count). The maximum absolute atomic E-state index is 13.8. The number of hydrogen-bond acceptors (Lipinski definition) is 8. The summed E-state index contributed by atoms with van der Waals surface area (Å²) in [6.45, 7) is 8.18. The summed E-state index contributed by atoms with van der Waals surface area (Å²) in [5.74, 6) is -0.158. The summed E-state index contributed by atoms with van der Waals surface area (Å²) in [6.07, 6.45) is 1.82. The van der Waals surface area contributed by atoms with E-state index in [9.17, 15) is 14.4 Å². The zero-order chi connectivity index (χ0) is 30.5. The average molecular weight is 597 g/mol. The highest BCUT2D eigenvalue weighted by molar-refractivity contribution is 7.07. The normalized spacial score (nSPS) is 14.6. The van der Waals surface area contributed by atoms with Gasteiger partial charge in [0.2, 0.25) is 0 Å². The Balaban J connectivity index is 1.40. The number of ether oxygens (including phenoxy) is 3. The Hall–Kier alpha value is -4.76. The zero-order valence-corrected chi connectivity index (χ0v) is 25.3.